The van der Waals surface area contributed by atoms with E-state index in [0.29, 0.717) is 18.1 Å². The lowest BCUT2D eigenvalue weighted by molar-refractivity contribution is 0.0878. The van der Waals surface area contributed by atoms with E-state index in [0.717, 1.165) is 0 Å². The number of aromatic nitrogens is 3. The Kier molecular flexibility index (Phi) is 8.23. The zero-order valence-electron chi connectivity index (χ0n) is 13.4. The van der Waals surface area contributed by atoms with E-state index in [1.807, 2.05) is 20.8 Å². The Morgan fingerprint density at radius 3 is 2.57 bits per heavy atom. The fourth-order valence-electron chi connectivity index (χ4n) is 1.84. The molecule has 128 valence electrons. The molecule has 8 heteroatoms. The average molecular weight is 360 g/mol. The van der Waals surface area contributed by atoms with Gasteiger partial charge in [0.25, 0.3) is 5.91 Å². The lowest BCUT2D eigenvalue weighted by atomic mass is 9.88. The van der Waals surface area contributed by atoms with Crippen LogP contribution in [0, 0.1) is 5.92 Å². The number of hydrogen-bond donors (Lipinski definition) is 2. The highest BCUT2D eigenvalue weighted by Gasteiger charge is 2.29. The number of carbonyl (C=O) groups is 1. The predicted octanol–water partition coefficient (Wildman–Crippen LogP) is 2.21. The molecule has 1 atom stereocenters. The number of hydrogen-bond acceptors (Lipinski definition) is 4. The number of nitrogens with one attached hydrogen (secondary N) is 1. The molecule has 2 heterocycles. The standard InChI is InChI=1S/C15H21N5O.2ClH/c1-11(2)15(3,10-16)19-14(21)12-6-4-7-13(18-12)20-9-5-8-17-20;;/h4-9,11H,10,16H2,1-3H3,(H,19,21);2*1H. The highest BCUT2D eigenvalue weighted by atomic mass is 35.5. The van der Waals surface area contributed by atoms with E-state index < -0.39 is 5.54 Å². The lowest BCUT2D eigenvalue weighted by Crippen LogP contribution is -2.55. The van der Waals surface area contributed by atoms with Crippen LogP contribution < -0.4 is 11.1 Å². The first kappa shape index (κ1) is 21.4. The van der Waals surface area contributed by atoms with Crippen molar-refractivity contribution in [2.75, 3.05) is 6.54 Å². The number of halogens is 2. The molecular formula is C15H23Cl2N5O. The van der Waals surface area contributed by atoms with Crippen LogP contribution in [0.2, 0.25) is 0 Å². The second-order valence-corrected chi connectivity index (χ2v) is 5.56. The van der Waals surface area contributed by atoms with Crippen LogP contribution in [0.5, 0.6) is 0 Å². The summed E-state index contributed by atoms with van der Waals surface area (Å²) in [5.74, 6) is 0.595. The van der Waals surface area contributed by atoms with Crippen LogP contribution in [0.1, 0.15) is 31.3 Å². The summed E-state index contributed by atoms with van der Waals surface area (Å²) in [6, 6.07) is 7.07. The van der Waals surface area contributed by atoms with Gasteiger partial charge in [0.2, 0.25) is 0 Å². The molecule has 0 spiro atoms. The van der Waals surface area contributed by atoms with Gasteiger partial charge >= 0.3 is 0 Å². The third-order valence-corrected chi connectivity index (χ3v) is 3.80. The van der Waals surface area contributed by atoms with Gasteiger partial charge in [-0.25, -0.2) is 9.67 Å². The summed E-state index contributed by atoms with van der Waals surface area (Å²) in [5.41, 5.74) is 5.68. The van der Waals surface area contributed by atoms with E-state index in [-0.39, 0.29) is 36.6 Å². The summed E-state index contributed by atoms with van der Waals surface area (Å²) in [6.45, 7) is 6.36. The zero-order valence-corrected chi connectivity index (χ0v) is 15.0. The molecule has 0 bridgehead atoms. The second kappa shape index (κ2) is 8.86. The second-order valence-electron chi connectivity index (χ2n) is 5.56. The van der Waals surface area contributed by atoms with E-state index in [4.69, 9.17) is 5.73 Å². The summed E-state index contributed by atoms with van der Waals surface area (Å²) in [7, 11) is 0. The van der Waals surface area contributed by atoms with Crippen LogP contribution in [0.3, 0.4) is 0 Å². The number of amides is 1. The van der Waals surface area contributed by atoms with Gasteiger partial charge in [-0.05, 0) is 31.0 Å². The van der Waals surface area contributed by atoms with Crippen LogP contribution in [0.25, 0.3) is 5.82 Å². The maximum absolute atomic E-state index is 12.4. The van der Waals surface area contributed by atoms with E-state index >= 15 is 0 Å². The normalized spacial score (nSPS) is 12.7. The number of nitrogens with two attached hydrogens (primary N) is 1. The topological polar surface area (TPSA) is 85.8 Å². The molecule has 0 saturated carbocycles. The average Bonchev–Trinajstić information content (AvgIpc) is 3.01. The third kappa shape index (κ3) is 4.92. The van der Waals surface area contributed by atoms with Gasteiger partial charge in [0.1, 0.15) is 5.69 Å². The molecular weight excluding hydrogens is 337 g/mol. The van der Waals surface area contributed by atoms with Gasteiger partial charge < -0.3 is 11.1 Å². The molecule has 0 radical (unpaired) electrons. The van der Waals surface area contributed by atoms with Crippen molar-refractivity contribution in [3.8, 4) is 5.82 Å². The Morgan fingerprint density at radius 2 is 2.04 bits per heavy atom. The van der Waals surface area contributed by atoms with Crippen molar-refractivity contribution in [3.05, 3.63) is 42.4 Å². The highest BCUT2D eigenvalue weighted by Crippen LogP contribution is 2.15. The monoisotopic (exact) mass is 359 g/mol. The van der Waals surface area contributed by atoms with Crippen molar-refractivity contribution in [1.29, 1.82) is 0 Å². The maximum atomic E-state index is 12.4. The van der Waals surface area contributed by atoms with E-state index in [9.17, 15) is 4.79 Å². The van der Waals surface area contributed by atoms with Crippen LogP contribution in [0.15, 0.2) is 36.7 Å². The van der Waals surface area contributed by atoms with Gasteiger partial charge in [-0.2, -0.15) is 5.10 Å². The summed E-state index contributed by atoms with van der Waals surface area (Å²) >= 11 is 0. The molecule has 2 aromatic heterocycles. The van der Waals surface area contributed by atoms with Gasteiger partial charge in [-0.15, -0.1) is 24.8 Å². The van der Waals surface area contributed by atoms with Crippen LogP contribution in [-0.2, 0) is 0 Å². The minimum Gasteiger partial charge on any atom is -0.344 e. The third-order valence-electron chi connectivity index (χ3n) is 3.80. The van der Waals surface area contributed by atoms with Crippen molar-refractivity contribution in [3.63, 3.8) is 0 Å². The molecule has 3 N–H and O–H groups in total. The first-order valence-corrected chi connectivity index (χ1v) is 6.96. The van der Waals surface area contributed by atoms with Gasteiger partial charge in [0.05, 0.1) is 5.54 Å². The molecule has 2 rings (SSSR count). The molecule has 6 nitrogen and oxygen atoms in total. The molecule has 2 aromatic rings. The molecule has 0 aliphatic rings. The largest absolute Gasteiger partial charge is 0.344 e. The van der Waals surface area contributed by atoms with Gasteiger partial charge in [0, 0.05) is 18.9 Å². The highest BCUT2D eigenvalue weighted by molar-refractivity contribution is 5.93. The SMILES string of the molecule is CC(C)C(C)(CN)NC(=O)c1cccc(-n2cccn2)n1.Cl.Cl. The Bertz CT molecular complexity index is 618. The van der Waals surface area contributed by atoms with Gasteiger partial charge in [-0.1, -0.05) is 19.9 Å². The summed E-state index contributed by atoms with van der Waals surface area (Å²) < 4.78 is 1.61. The first-order chi connectivity index (χ1) is 9.96. The molecule has 0 saturated heterocycles. The smallest absolute Gasteiger partial charge is 0.270 e. The molecule has 0 aliphatic heterocycles. The quantitative estimate of drug-likeness (QED) is 0.856. The molecule has 1 unspecified atom stereocenters. The van der Waals surface area contributed by atoms with Crippen LogP contribution >= 0.6 is 24.8 Å². The number of rotatable bonds is 5. The van der Waals surface area contributed by atoms with Crippen LogP contribution in [0.4, 0.5) is 0 Å². The van der Waals surface area contributed by atoms with Gasteiger partial charge in [-0.3, -0.25) is 4.79 Å². The minimum absolute atomic E-state index is 0. The summed E-state index contributed by atoms with van der Waals surface area (Å²) in [4.78, 5) is 16.7. The number of pyridine rings is 1. The summed E-state index contributed by atoms with van der Waals surface area (Å²) in [6.07, 6.45) is 3.45. The number of nitrogens with zero attached hydrogens (tertiary/aromatic N) is 3. The van der Waals surface area contributed by atoms with Crippen molar-refractivity contribution in [2.45, 2.75) is 26.3 Å². The van der Waals surface area contributed by atoms with E-state index in [1.165, 1.54) is 0 Å². The van der Waals surface area contributed by atoms with E-state index in [1.54, 1.807) is 41.3 Å². The Balaban J connectivity index is 0.00000242. The minimum atomic E-state index is -0.458. The van der Waals surface area contributed by atoms with Crippen molar-refractivity contribution >= 4 is 30.7 Å². The Labute approximate surface area is 148 Å². The van der Waals surface area contributed by atoms with Crippen molar-refractivity contribution in [1.82, 2.24) is 20.1 Å². The molecule has 23 heavy (non-hydrogen) atoms. The van der Waals surface area contributed by atoms with Crippen LogP contribution in [-0.4, -0.2) is 32.8 Å². The molecule has 0 aromatic carbocycles. The Morgan fingerprint density at radius 1 is 1.35 bits per heavy atom. The van der Waals surface area contributed by atoms with E-state index in [2.05, 4.69) is 15.4 Å². The van der Waals surface area contributed by atoms with Gasteiger partial charge in [0.15, 0.2) is 5.82 Å². The van der Waals surface area contributed by atoms with Crippen molar-refractivity contribution < 1.29 is 4.79 Å². The summed E-state index contributed by atoms with van der Waals surface area (Å²) in [5, 5.41) is 7.08. The zero-order chi connectivity index (χ0) is 15.5. The number of carbonyl (C=O) groups excluding carboxylic acids is 1. The fourth-order valence-corrected chi connectivity index (χ4v) is 1.84. The Hall–Kier alpha value is -1.63. The fraction of sp³-hybridized carbons (Fsp3) is 0.400. The lowest BCUT2D eigenvalue weighted by Gasteiger charge is -2.33. The van der Waals surface area contributed by atoms with Crippen molar-refractivity contribution in [2.24, 2.45) is 11.7 Å². The predicted molar refractivity (Wildman–Crippen MR) is 95.6 cm³/mol. The maximum Gasteiger partial charge on any atom is 0.270 e. The molecule has 0 fully saturated rings. The first-order valence-electron chi connectivity index (χ1n) is 6.96. The molecule has 0 aliphatic carbocycles. The molecule has 1 amide bonds.